The molecule has 22 heavy (non-hydrogen) atoms. The Labute approximate surface area is 130 Å². The van der Waals surface area contributed by atoms with Gasteiger partial charge in [0, 0.05) is 23.8 Å². The molecule has 1 aromatic rings. The Morgan fingerprint density at radius 2 is 1.95 bits per heavy atom. The van der Waals surface area contributed by atoms with Crippen molar-refractivity contribution >= 4 is 11.8 Å². The smallest absolute Gasteiger partial charge is 0.407 e. The second kappa shape index (κ2) is 6.34. The summed E-state index contributed by atoms with van der Waals surface area (Å²) in [6.07, 6.45) is 1.27. The fraction of sp³-hybridized carbons (Fsp3) is 0.562. The van der Waals surface area contributed by atoms with Crippen molar-refractivity contribution in [2.24, 2.45) is 0 Å². The van der Waals surface area contributed by atoms with Crippen molar-refractivity contribution in [2.75, 3.05) is 12.4 Å². The van der Waals surface area contributed by atoms with Crippen LogP contribution in [0.5, 0.6) is 11.5 Å². The molecule has 0 aliphatic heterocycles. The molecule has 0 unspecified atom stereocenters. The van der Waals surface area contributed by atoms with Gasteiger partial charge in [-0.2, -0.15) is 0 Å². The molecule has 1 amide bonds. The van der Waals surface area contributed by atoms with E-state index >= 15 is 0 Å². The maximum absolute atomic E-state index is 11.6. The maximum Gasteiger partial charge on any atom is 0.407 e. The van der Waals surface area contributed by atoms with Crippen molar-refractivity contribution < 1.29 is 19.4 Å². The maximum atomic E-state index is 11.6. The summed E-state index contributed by atoms with van der Waals surface area (Å²) in [6, 6.07) is 5.60. The zero-order chi connectivity index (χ0) is 16.3. The fourth-order valence-electron chi connectivity index (χ4n) is 2.34. The molecule has 0 bridgehead atoms. The van der Waals surface area contributed by atoms with E-state index in [0.29, 0.717) is 5.75 Å². The van der Waals surface area contributed by atoms with E-state index in [9.17, 15) is 9.90 Å². The molecule has 2 rings (SSSR count). The standard InChI is InChI=1S/C16H24N2O4/c1-16(2,3)22-15(20)18-12-7-11(8-12)17-10-5-6-14(21-4)13(19)9-10/h5-6,9,11-12,17,19H,7-8H2,1-4H3,(H,18,20). The second-order valence-electron chi connectivity index (χ2n) is 6.54. The molecule has 0 heterocycles. The van der Waals surface area contributed by atoms with Crippen LogP contribution in [-0.2, 0) is 4.74 Å². The van der Waals surface area contributed by atoms with Crippen LogP contribution >= 0.6 is 0 Å². The first-order valence-corrected chi connectivity index (χ1v) is 7.40. The van der Waals surface area contributed by atoms with Crippen molar-refractivity contribution in [2.45, 2.75) is 51.3 Å². The molecule has 0 radical (unpaired) electrons. The van der Waals surface area contributed by atoms with Gasteiger partial charge in [-0.1, -0.05) is 0 Å². The Kier molecular flexibility index (Phi) is 4.68. The van der Waals surface area contributed by atoms with Crippen molar-refractivity contribution in [3.05, 3.63) is 18.2 Å². The number of carbonyl (C=O) groups excluding carboxylic acids is 1. The van der Waals surface area contributed by atoms with Gasteiger partial charge >= 0.3 is 6.09 Å². The Morgan fingerprint density at radius 1 is 1.27 bits per heavy atom. The predicted molar refractivity (Wildman–Crippen MR) is 84.5 cm³/mol. The topological polar surface area (TPSA) is 79.8 Å². The summed E-state index contributed by atoms with van der Waals surface area (Å²) in [5, 5.41) is 15.9. The Bertz CT molecular complexity index is 533. The highest BCUT2D eigenvalue weighted by Crippen LogP contribution is 2.31. The van der Waals surface area contributed by atoms with Gasteiger partial charge in [-0.15, -0.1) is 0 Å². The van der Waals surface area contributed by atoms with E-state index in [1.807, 2.05) is 26.8 Å². The van der Waals surface area contributed by atoms with Crippen molar-refractivity contribution in [3.63, 3.8) is 0 Å². The third-order valence-corrected chi connectivity index (χ3v) is 3.41. The minimum absolute atomic E-state index is 0.107. The lowest BCUT2D eigenvalue weighted by Gasteiger charge is -2.37. The monoisotopic (exact) mass is 308 g/mol. The zero-order valence-electron chi connectivity index (χ0n) is 13.5. The number of carbonyl (C=O) groups is 1. The number of phenolic OH excluding ortho intramolecular Hbond substituents is 1. The van der Waals surface area contributed by atoms with Gasteiger partial charge in [0.25, 0.3) is 0 Å². The highest BCUT2D eigenvalue weighted by molar-refractivity contribution is 5.68. The summed E-state index contributed by atoms with van der Waals surface area (Å²) in [5.41, 5.74) is 0.352. The number of rotatable bonds is 4. The van der Waals surface area contributed by atoms with Gasteiger partial charge in [0.1, 0.15) is 5.60 Å². The molecule has 0 aromatic heterocycles. The number of hydrogen-bond acceptors (Lipinski definition) is 5. The lowest BCUT2D eigenvalue weighted by Crippen LogP contribution is -2.50. The lowest BCUT2D eigenvalue weighted by molar-refractivity contribution is 0.0475. The fourth-order valence-corrected chi connectivity index (χ4v) is 2.34. The SMILES string of the molecule is COc1ccc(NC2CC(NC(=O)OC(C)(C)C)C2)cc1O. The number of amides is 1. The van der Waals surface area contributed by atoms with Crippen LogP contribution in [0.4, 0.5) is 10.5 Å². The van der Waals surface area contributed by atoms with E-state index in [2.05, 4.69) is 10.6 Å². The number of ether oxygens (including phenoxy) is 2. The number of methoxy groups -OCH3 is 1. The van der Waals surface area contributed by atoms with Gasteiger partial charge in [0.05, 0.1) is 7.11 Å². The van der Waals surface area contributed by atoms with E-state index in [1.54, 1.807) is 12.1 Å². The van der Waals surface area contributed by atoms with Crippen molar-refractivity contribution in [1.29, 1.82) is 0 Å². The van der Waals surface area contributed by atoms with Crippen LogP contribution in [0.15, 0.2) is 18.2 Å². The number of phenols is 1. The van der Waals surface area contributed by atoms with Gasteiger partial charge in [-0.25, -0.2) is 4.79 Å². The van der Waals surface area contributed by atoms with Crippen LogP contribution in [0.25, 0.3) is 0 Å². The molecule has 122 valence electrons. The summed E-state index contributed by atoms with van der Waals surface area (Å²) in [6.45, 7) is 5.52. The van der Waals surface area contributed by atoms with Crippen LogP contribution in [0.3, 0.4) is 0 Å². The molecule has 0 saturated heterocycles. The number of nitrogens with one attached hydrogen (secondary N) is 2. The van der Waals surface area contributed by atoms with Gasteiger partial charge in [0.15, 0.2) is 11.5 Å². The van der Waals surface area contributed by atoms with Gasteiger partial charge in [-0.05, 0) is 45.7 Å². The molecule has 6 heteroatoms. The minimum atomic E-state index is -0.480. The third kappa shape index (κ3) is 4.44. The van der Waals surface area contributed by atoms with Crippen molar-refractivity contribution in [1.82, 2.24) is 5.32 Å². The third-order valence-electron chi connectivity index (χ3n) is 3.41. The first-order chi connectivity index (χ1) is 10.3. The van der Waals surface area contributed by atoms with Crippen molar-refractivity contribution in [3.8, 4) is 11.5 Å². The molecule has 1 aliphatic carbocycles. The van der Waals surface area contributed by atoms with E-state index in [1.165, 1.54) is 7.11 Å². The molecule has 0 atom stereocenters. The summed E-state index contributed by atoms with van der Waals surface area (Å²) in [7, 11) is 1.51. The summed E-state index contributed by atoms with van der Waals surface area (Å²) in [4.78, 5) is 11.6. The van der Waals surface area contributed by atoms with Gasteiger partial charge in [-0.3, -0.25) is 0 Å². The molecule has 1 fully saturated rings. The summed E-state index contributed by atoms with van der Waals surface area (Å²) >= 11 is 0. The van der Waals surface area contributed by atoms with E-state index < -0.39 is 5.60 Å². The van der Waals surface area contributed by atoms with Gasteiger partial charge < -0.3 is 25.2 Å². The molecule has 1 aliphatic rings. The molecule has 0 spiro atoms. The normalized spacial score (nSPS) is 20.7. The number of anilines is 1. The minimum Gasteiger partial charge on any atom is -0.504 e. The van der Waals surface area contributed by atoms with Crippen LogP contribution in [-0.4, -0.2) is 36.0 Å². The number of alkyl carbamates (subject to hydrolysis) is 1. The second-order valence-corrected chi connectivity index (χ2v) is 6.54. The average Bonchev–Trinajstić information content (AvgIpc) is 2.34. The Morgan fingerprint density at radius 3 is 2.50 bits per heavy atom. The number of hydrogen-bond donors (Lipinski definition) is 3. The molecule has 3 N–H and O–H groups in total. The summed E-state index contributed by atoms with van der Waals surface area (Å²) in [5.74, 6) is 0.555. The Hall–Kier alpha value is -2.11. The number of benzene rings is 1. The molecule has 1 saturated carbocycles. The Balaban J connectivity index is 1.75. The van der Waals surface area contributed by atoms with E-state index in [0.717, 1.165) is 18.5 Å². The van der Waals surface area contributed by atoms with E-state index in [4.69, 9.17) is 9.47 Å². The number of aromatic hydroxyl groups is 1. The zero-order valence-corrected chi connectivity index (χ0v) is 13.5. The summed E-state index contributed by atoms with van der Waals surface area (Å²) < 4.78 is 10.2. The largest absolute Gasteiger partial charge is 0.504 e. The molecular formula is C16H24N2O4. The molecular weight excluding hydrogens is 284 g/mol. The highest BCUT2D eigenvalue weighted by Gasteiger charge is 2.31. The first kappa shape index (κ1) is 16.3. The predicted octanol–water partition coefficient (Wildman–Crippen LogP) is 2.87. The highest BCUT2D eigenvalue weighted by atomic mass is 16.6. The van der Waals surface area contributed by atoms with Crippen LogP contribution in [0.2, 0.25) is 0 Å². The molecule has 6 nitrogen and oxygen atoms in total. The van der Waals surface area contributed by atoms with Crippen LogP contribution in [0, 0.1) is 0 Å². The first-order valence-electron chi connectivity index (χ1n) is 7.40. The van der Waals surface area contributed by atoms with Gasteiger partial charge in [0.2, 0.25) is 0 Å². The average molecular weight is 308 g/mol. The molecule has 1 aromatic carbocycles. The lowest BCUT2D eigenvalue weighted by atomic mass is 9.86. The quantitative estimate of drug-likeness (QED) is 0.797. The van der Waals surface area contributed by atoms with Crippen LogP contribution < -0.4 is 15.4 Å². The van der Waals surface area contributed by atoms with Crippen LogP contribution in [0.1, 0.15) is 33.6 Å². The van der Waals surface area contributed by atoms with E-state index in [-0.39, 0.29) is 23.9 Å².